The van der Waals surface area contributed by atoms with Crippen molar-refractivity contribution in [2.75, 3.05) is 12.1 Å². The summed E-state index contributed by atoms with van der Waals surface area (Å²) in [6.07, 6.45) is 1.93. The highest BCUT2D eigenvalue weighted by atomic mass is 16.7. The summed E-state index contributed by atoms with van der Waals surface area (Å²) in [7, 11) is 1.84. The van der Waals surface area contributed by atoms with Crippen LogP contribution in [0.2, 0.25) is 0 Å². The van der Waals surface area contributed by atoms with Gasteiger partial charge in [0.15, 0.2) is 11.5 Å². The Morgan fingerprint density at radius 2 is 2.20 bits per heavy atom. The molecule has 0 fully saturated rings. The second-order valence-corrected chi connectivity index (χ2v) is 4.68. The number of rotatable bonds is 3. The van der Waals surface area contributed by atoms with E-state index in [0.717, 1.165) is 22.7 Å². The Labute approximate surface area is 116 Å². The maximum absolute atomic E-state index is 12.0. The summed E-state index contributed by atoms with van der Waals surface area (Å²) in [4.78, 5) is 12.0. The number of aryl methyl sites for hydroxylation is 1. The number of aromatic nitrogens is 2. The Bertz CT molecular complexity index is 664. The SMILES string of the molecule is Cc1c(NC(=O)Cc2ccc3c(c2)OCO3)cnn1C. The molecule has 1 amide bonds. The summed E-state index contributed by atoms with van der Waals surface area (Å²) in [6, 6.07) is 5.52. The highest BCUT2D eigenvalue weighted by Crippen LogP contribution is 2.32. The minimum atomic E-state index is -0.0834. The highest BCUT2D eigenvalue weighted by Gasteiger charge is 2.15. The Morgan fingerprint density at radius 3 is 2.95 bits per heavy atom. The zero-order chi connectivity index (χ0) is 14.1. The van der Waals surface area contributed by atoms with Crippen molar-refractivity contribution in [1.29, 1.82) is 0 Å². The van der Waals surface area contributed by atoms with Gasteiger partial charge in [-0.15, -0.1) is 0 Å². The Morgan fingerprint density at radius 1 is 1.40 bits per heavy atom. The maximum Gasteiger partial charge on any atom is 0.231 e. The highest BCUT2D eigenvalue weighted by molar-refractivity contribution is 5.92. The summed E-state index contributed by atoms with van der Waals surface area (Å²) >= 11 is 0. The molecule has 1 aliphatic rings. The molecule has 2 heterocycles. The predicted molar refractivity (Wildman–Crippen MR) is 72.8 cm³/mol. The minimum absolute atomic E-state index is 0.0834. The van der Waals surface area contributed by atoms with Crippen LogP contribution < -0.4 is 14.8 Å². The van der Waals surface area contributed by atoms with Crippen molar-refractivity contribution in [3.63, 3.8) is 0 Å². The third-order valence-corrected chi connectivity index (χ3v) is 3.31. The molecule has 6 heteroatoms. The molecule has 6 nitrogen and oxygen atoms in total. The summed E-state index contributed by atoms with van der Waals surface area (Å²) in [6.45, 7) is 2.14. The van der Waals surface area contributed by atoms with E-state index in [9.17, 15) is 4.79 Å². The fourth-order valence-electron chi connectivity index (χ4n) is 2.05. The minimum Gasteiger partial charge on any atom is -0.454 e. The van der Waals surface area contributed by atoms with Gasteiger partial charge >= 0.3 is 0 Å². The van der Waals surface area contributed by atoms with Crippen LogP contribution in [-0.2, 0) is 18.3 Å². The molecule has 0 bridgehead atoms. The van der Waals surface area contributed by atoms with E-state index in [-0.39, 0.29) is 19.1 Å². The molecule has 20 heavy (non-hydrogen) atoms. The normalized spacial score (nSPS) is 12.5. The number of nitrogens with one attached hydrogen (secondary N) is 1. The summed E-state index contributed by atoms with van der Waals surface area (Å²) in [5.74, 6) is 1.32. The van der Waals surface area contributed by atoms with Gasteiger partial charge in [-0.1, -0.05) is 6.07 Å². The second kappa shape index (κ2) is 4.88. The molecule has 1 aromatic carbocycles. The van der Waals surface area contributed by atoms with Crippen molar-refractivity contribution in [1.82, 2.24) is 9.78 Å². The molecule has 0 radical (unpaired) electrons. The van der Waals surface area contributed by atoms with E-state index in [1.807, 2.05) is 32.2 Å². The monoisotopic (exact) mass is 273 g/mol. The van der Waals surface area contributed by atoms with Gasteiger partial charge in [0.2, 0.25) is 12.7 Å². The molecule has 0 spiro atoms. The van der Waals surface area contributed by atoms with Gasteiger partial charge in [0.1, 0.15) is 0 Å². The van der Waals surface area contributed by atoms with Crippen molar-refractivity contribution >= 4 is 11.6 Å². The second-order valence-electron chi connectivity index (χ2n) is 4.68. The average Bonchev–Trinajstić information content (AvgIpc) is 3.00. The lowest BCUT2D eigenvalue weighted by Crippen LogP contribution is -2.14. The van der Waals surface area contributed by atoms with E-state index < -0.39 is 0 Å². The lowest BCUT2D eigenvalue weighted by molar-refractivity contribution is -0.115. The van der Waals surface area contributed by atoms with Crippen molar-refractivity contribution in [3.8, 4) is 11.5 Å². The largest absolute Gasteiger partial charge is 0.454 e. The molecule has 1 aliphatic heterocycles. The van der Waals surface area contributed by atoms with Gasteiger partial charge in [-0.05, 0) is 24.6 Å². The molecule has 1 N–H and O–H groups in total. The first kappa shape index (κ1) is 12.5. The van der Waals surface area contributed by atoms with Gasteiger partial charge in [0.05, 0.1) is 24.0 Å². The molecule has 3 rings (SSSR count). The zero-order valence-corrected chi connectivity index (χ0v) is 11.3. The lowest BCUT2D eigenvalue weighted by Gasteiger charge is -2.05. The first-order valence-electron chi connectivity index (χ1n) is 6.30. The van der Waals surface area contributed by atoms with Gasteiger partial charge in [-0.25, -0.2) is 0 Å². The van der Waals surface area contributed by atoms with E-state index in [1.165, 1.54) is 0 Å². The number of fused-ring (bicyclic) bond motifs is 1. The van der Waals surface area contributed by atoms with Crippen LogP contribution in [0.4, 0.5) is 5.69 Å². The van der Waals surface area contributed by atoms with E-state index >= 15 is 0 Å². The van der Waals surface area contributed by atoms with Crippen LogP contribution in [0, 0.1) is 6.92 Å². The zero-order valence-electron chi connectivity index (χ0n) is 11.3. The van der Waals surface area contributed by atoms with Crippen molar-refractivity contribution in [2.45, 2.75) is 13.3 Å². The quantitative estimate of drug-likeness (QED) is 0.923. The number of nitrogens with zero attached hydrogens (tertiary/aromatic N) is 2. The van der Waals surface area contributed by atoms with Crippen LogP contribution in [-0.4, -0.2) is 22.5 Å². The van der Waals surface area contributed by atoms with Gasteiger partial charge in [-0.3, -0.25) is 9.48 Å². The van der Waals surface area contributed by atoms with Gasteiger partial charge in [-0.2, -0.15) is 5.10 Å². The average molecular weight is 273 g/mol. The van der Waals surface area contributed by atoms with E-state index in [4.69, 9.17) is 9.47 Å². The van der Waals surface area contributed by atoms with Crippen LogP contribution in [0.5, 0.6) is 11.5 Å². The maximum atomic E-state index is 12.0. The van der Waals surface area contributed by atoms with Gasteiger partial charge < -0.3 is 14.8 Å². The van der Waals surface area contributed by atoms with Crippen molar-refractivity contribution in [2.24, 2.45) is 7.05 Å². The molecule has 0 saturated carbocycles. The number of benzene rings is 1. The predicted octanol–water partition coefficient (Wildman–Crippen LogP) is 1.64. The molecule has 0 saturated heterocycles. The summed E-state index contributed by atoms with van der Waals surface area (Å²) < 4.78 is 12.3. The van der Waals surface area contributed by atoms with Gasteiger partial charge in [0, 0.05) is 7.05 Å². The van der Waals surface area contributed by atoms with Gasteiger partial charge in [0.25, 0.3) is 0 Å². The first-order valence-corrected chi connectivity index (χ1v) is 6.30. The van der Waals surface area contributed by atoms with Crippen LogP contribution >= 0.6 is 0 Å². The lowest BCUT2D eigenvalue weighted by atomic mass is 10.1. The van der Waals surface area contributed by atoms with Crippen LogP contribution in [0.1, 0.15) is 11.3 Å². The molecule has 0 unspecified atom stereocenters. The summed E-state index contributed by atoms with van der Waals surface area (Å²) in [5, 5.41) is 6.94. The molecule has 104 valence electrons. The number of carbonyl (C=O) groups is 1. The topological polar surface area (TPSA) is 65.4 Å². The Kier molecular flexibility index (Phi) is 3.06. The number of ether oxygens (including phenoxy) is 2. The van der Waals surface area contributed by atoms with Crippen molar-refractivity contribution in [3.05, 3.63) is 35.7 Å². The number of hydrogen-bond donors (Lipinski definition) is 1. The van der Waals surface area contributed by atoms with E-state index in [2.05, 4.69) is 10.4 Å². The fourth-order valence-corrected chi connectivity index (χ4v) is 2.05. The third kappa shape index (κ3) is 2.32. The molecular weight excluding hydrogens is 258 g/mol. The fraction of sp³-hybridized carbons (Fsp3) is 0.286. The van der Waals surface area contributed by atoms with E-state index in [1.54, 1.807) is 10.9 Å². The standard InChI is InChI=1S/C14H15N3O3/c1-9-11(7-15-17(9)2)16-14(18)6-10-3-4-12-13(5-10)20-8-19-12/h3-5,7H,6,8H2,1-2H3,(H,16,18). The number of anilines is 1. The molecule has 1 aromatic heterocycles. The molecule has 2 aromatic rings. The van der Waals surface area contributed by atoms with Crippen LogP contribution in [0.15, 0.2) is 24.4 Å². The molecule has 0 atom stereocenters. The molecule has 0 aliphatic carbocycles. The Hall–Kier alpha value is -2.50. The number of hydrogen-bond acceptors (Lipinski definition) is 4. The van der Waals surface area contributed by atoms with E-state index in [0.29, 0.717) is 5.75 Å². The Balaban J connectivity index is 1.68. The number of amides is 1. The van der Waals surface area contributed by atoms with Crippen molar-refractivity contribution < 1.29 is 14.3 Å². The summed E-state index contributed by atoms with van der Waals surface area (Å²) in [5.41, 5.74) is 2.54. The number of carbonyl (C=O) groups excluding carboxylic acids is 1. The molecular formula is C14H15N3O3. The first-order chi connectivity index (χ1) is 9.63. The third-order valence-electron chi connectivity index (χ3n) is 3.31. The van der Waals surface area contributed by atoms with Crippen LogP contribution in [0.25, 0.3) is 0 Å². The smallest absolute Gasteiger partial charge is 0.231 e. The van der Waals surface area contributed by atoms with Crippen LogP contribution in [0.3, 0.4) is 0 Å².